The second-order valence-corrected chi connectivity index (χ2v) is 6.98. The number of hydrogen-bond donors (Lipinski definition) is 1. The molecule has 136 valence electrons. The molecule has 0 aromatic heterocycles. The zero-order valence-corrected chi connectivity index (χ0v) is 15.3. The lowest BCUT2D eigenvalue weighted by molar-refractivity contribution is -0.141. The molecule has 5 nitrogen and oxygen atoms in total. The molecule has 1 saturated heterocycles. The maximum atomic E-state index is 12.3. The molecule has 1 N–H and O–H groups in total. The SMILES string of the molecule is O=C(O)[C@@H]1CN(C(=O)OCc2ccccc2)C[C@H]1c1ccc(Cl)c(Cl)c1. The van der Waals surface area contributed by atoms with E-state index >= 15 is 0 Å². The van der Waals surface area contributed by atoms with Gasteiger partial charge in [0.25, 0.3) is 0 Å². The van der Waals surface area contributed by atoms with Crippen LogP contribution in [0.15, 0.2) is 48.5 Å². The summed E-state index contributed by atoms with van der Waals surface area (Å²) in [7, 11) is 0. The largest absolute Gasteiger partial charge is 0.481 e. The average Bonchev–Trinajstić information content (AvgIpc) is 3.09. The van der Waals surface area contributed by atoms with Gasteiger partial charge in [0, 0.05) is 19.0 Å². The molecule has 0 bridgehead atoms. The van der Waals surface area contributed by atoms with E-state index in [1.807, 2.05) is 30.3 Å². The van der Waals surface area contributed by atoms with Crippen molar-refractivity contribution >= 4 is 35.3 Å². The van der Waals surface area contributed by atoms with Gasteiger partial charge in [0.1, 0.15) is 6.61 Å². The Morgan fingerprint density at radius 2 is 1.81 bits per heavy atom. The molecule has 0 aliphatic carbocycles. The molecular formula is C19H17Cl2NO4. The van der Waals surface area contributed by atoms with Crippen molar-refractivity contribution in [1.29, 1.82) is 0 Å². The molecular weight excluding hydrogens is 377 g/mol. The summed E-state index contributed by atoms with van der Waals surface area (Å²) in [6, 6.07) is 14.3. The van der Waals surface area contributed by atoms with Crippen molar-refractivity contribution in [1.82, 2.24) is 4.90 Å². The molecule has 1 aliphatic rings. The minimum absolute atomic E-state index is 0.0911. The average molecular weight is 394 g/mol. The molecule has 1 aliphatic heterocycles. The quantitative estimate of drug-likeness (QED) is 0.833. The number of nitrogens with zero attached hydrogens (tertiary/aromatic N) is 1. The molecule has 2 aromatic rings. The van der Waals surface area contributed by atoms with Gasteiger partial charge in [-0.1, -0.05) is 59.6 Å². The number of likely N-dealkylation sites (tertiary alicyclic amines) is 1. The van der Waals surface area contributed by atoms with Crippen LogP contribution >= 0.6 is 23.2 Å². The number of amides is 1. The van der Waals surface area contributed by atoms with E-state index in [0.29, 0.717) is 10.0 Å². The van der Waals surface area contributed by atoms with Crippen molar-refractivity contribution < 1.29 is 19.4 Å². The number of carboxylic acids is 1. The molecule has 0 unspecified atom stereocenters. The van der Waals surface area contributed by atoms with Gasteiger partial charge < -0.3 is 14.7 Å². The second kappa shape index (κ2) is 7.98. The van der Waals surface area contributed by atoms with Crippen molar-refractivity contribution in [3.8, 4) is 0 Å². The van der Waals surface area contributed by atoms with E-state index in [1.54, 1.807) is 18.2 Å². The Morgan fingerprint density at radius 3 is 2.46 bits per heavy atom. The van der Waals surface area contributed by atoms with E-state index < -0.39 is 18.0 Å². The summed E-state index contributed by atoms with van der Waals surface area (Å²) in [5.74, 6) is -2.05. The molecule has 1 fully saturated rings. The lowest BCUT2D eigenvalue weighted by Crippen LogP contribution is -2.30. The summed E-state index contributed by atoms with van der Waals surface area (Å²) in [5.41, 5.74) is 1.61. The first-order valence-corrected chi connectivity index (χ1v) is 8.84. The van der Waals surface area contributed by atoms with E-state index in [4.69, 9.17) is 27.9 Å². The Kier molecular flexibility index (Phi) is 5.69. The van der Waals surface area contributed by atoms with E-state index in [2.05, 4.69) is 0 Å². The highest BCUT2D eigenvalue weighted by Crippen LogP contribution is 2.36. The van der Waals surface area contributed by atoms with Gasteiger partial charge in [-0.05, 0) is 23.3 Å². The van der Waals surface area contributed by atoms with Gasteiger partial charge in [-0.2, -0.15) is 0 Å². The number of rotatable bonds is 4. The smallest absolute Gasteiger partial charge is 0.410 e. The van der Waals surface area contributed by atoms with Gasteiger partial charge in [-0.3, -0.25) is 4.79 Å². The predicted octanol–water partition coefficient (Wildman–Crippen LogP) is 4.43. The van der Waals surface area contributed by atoms with Gasteiger partial charge in [-0.25, -0.2) is 4.79 Å². The first-order valence-electron chi connectivity index (χ1n) is 8.09. The summed E-state index contributed by atoms with van der Waals surface area (Å²) >= 11 is 12.0. The highest BCUT2D eigenvalue weighted by Gasteiger charge is 2.41. The lowest BCUT2D eigenvalue weighted by atomic mass is 9.89. The second-order valence-electron chi connectivity index (χ2n) is 6.17. The maximum Gasteiger partial charge on any atom is 0.410 e. The first kappa shape index (κ1) is 18.5. The van der Waals surface area contributed by atoms with Crippen molar-refractivity contribution in [2.45, 2.75) is 12.5 Å². The molecule has 2 atom stereocenters. The highest BCUT2D eigenvalue weighted by atomic mass is 35.5. The summed E-state index contributed by atoms with van der Waals surface area (Å²) in [6.07, 6.45) is -0.525. The van der Waals surface area contributed by atoms with Gasteiger partial charge in [-0.15, -0.1) is 0 Å². The summed E-state index contributed by atoms with van der Waals surface area (Å²) in [6.45, 7) is 0.488. The highest BCUT2D eigenvalue weighted by molar-refractivity contribution is 6.42. The summed E-state index contributed by atoms with van der Waals surface area (Å²) < 4.78 is 5.31. The topological polar surface area (TPSA) is 66.8 Å². The van der Waals surface area contributed by atoms with Crippen LogP contribution in [-0.4, -0.2) is 35.2 Å². The summed E-state index contributed by atoms with van der Waals surface area (Å²) in [4.78, 5) is 25.4. The van der Waals surface area contributed by atoms with Crippen LogP contribution in [0, 0.1) is 5.92 Å². The third kappa shape index (κ3) is 4.11. The van der Waals surface area contributed by atoms with Crippen LogP contribution in [0.2, 0.25) is 10.0 Å². The monoisotopic (exact) mass is 393 g/mol. The molecule has 0 saturated carbocycles. The van der Waals surface area contributed by atoms with Crippen LogP contribution < -0.4 is 0 Å². The number of benzene rings is 2. The van der Waals surface area contributed by atoms with Crippen molar-refractivity contribution in [3.05, 3.63) is 69.7 Å². The number of hydrogen-bond acceptors (Lipinski definition) is 3. The standard InChI is InChI=1S/C19H17Cl2NO4/c20-16-7-6-13(8-17(16)21)14-9-22(10-15(14)18(23)24)19(25)26-11-12-4-2-1-3-5-12/h1-8,14-15H,9-11H2,(H,23,24)/t14-,15+/m0/s1. The minimum atomic E-state index is -0.959. The third-order valence-electron chi connectivity index (χ3n) is 4.47. The van der Waals surface area contributed by atoms with Crippen LogP contribution in [0.4, 0.5) is 4.79 Å². The van der Waals surface area contributed by atoms with Crippen LogP contribution in [0.5, 0.6) is 0 Å². The van der Waals surface area contributed by atoms with Crippen LogP contribution in [0.25, 0.3) is 0 Å². The number of aliphatic carboxylic acids is 1. The predicted molar refractivity (Wildman–Crippen MR) is 98.5 cm³/mol. The number of carboxylic acid groups (broad SMARTS) is 1. The Bertz CT molecular complexity index is 812. The molecule has 1 heterocycles. The summed E-state index contributed by atoms with van der Waals surface area (Å²) in [5, 5.41) is 10.3. The molecule has 2 aromatic carbocycles. The van der Waals surface area contributed by atoms with E-state index in [0.717, 1.165) is 11.1 Å². The van der Waals surface area contributed by atoms with E-state index in [-0.39, 0.29) is 25.6 Å². The zero-order valence-electron chi connectivity index (χ0n) is 13.8. The number of halogens is 2. The van der Waals surface area contributed by atoms with Crippen LogP contribution in [-0.2, 0) is 16.1 Å². The molecule has 7 heteroatoms. The molecule has 1 amide bonds. The number of carbonyl (C=O) groups is 2. The van der Waals surface area contributed by atoms with Crippen LogP contribution in [0.1, 0.15) is 17.0 Å². The normalized spacial score (nSPS) is 19.4. The Labute approximate surface area is 161 Å². The number of carbonyl (C=O) groups excluding carboxylic acids is 1. The molecule has 0 radical (unpaired) electrons. The van der Waals surface area contributed by atoms with Gasteiger partial charge in [0.2, 0.25) is 0 Å². The van der Waals surface area contributed by atoms with Gasteiger partial charge in [0.15, 0.2) is 0 Å². The van der Waals surface area contributed by atoms with E-state index in [9.17, 15) is 14.7 Å². The Morgan fingerprint density at radius 1 is 1.08 bits per heavy atom. The van der Waals surface area contributed by atoms with E-state index in [1.165, 1.54) is 4.90 Å². The van der Waals surface area contributed by atoms with Crippen molar-refractivity contribution in [3.63, 3.8) is 0 Å². The van der Waals surface area contributed by atoms with Gasteiger partial charge >= 0.3 is 12.1 Å². The molecule has 26 heavy (non-hydrogen) atoms. The zero-order chi connectivity index (χ0) is 18.7. The maximum absolute atomic E-state index is 12.3. The van der Waals surface area contributed by atoms with Crippen molar-refractivity contribution in [2.24, 2.45) is 5.92 Å². The first-order chi connectivity index (χ1) is 12.5. The minimum Gasteiger partial charge on any atom is -0.481 e. The fraction of sp³-hybridized carbons (Fsp3) is 0.263. The fourth-order valence-corrected chi connectivity index (χ4v) is 3.40. The Hall–Kier alpha value is -2.24. The molecule has 3 rings (SSSR count). The number of ether oxygens (including phenoxy) is 1. The fourth-order valence-electron chi connectivity index (χ4n) is 3.09. The van der Waals surface area contributed by atoms with Crippen molar-refractivity contribution in [2.75, 3.05) is 13.1 Å². The molecule has 0 spiro atoms. The third-order valence-corrected chi connectivity index (χ3v) is 5.21. The van der Waals surface area contributed by atoms with Crippen LogP contribution in [0.3, 0.4) is 0 Å². The lowest BCUT2D eigenvalue weighted by Gasteiger charge is -2.17. The van der Waals surface area contributed by atoms with Gasteiger partial charge in [0.05, 0.1) is 16.0 Å². The Balaban J connectivity index is 1.71.